The Morgan fingerprint density at radius 2 is 2.26 bits per heavy atom. The Morgan fingerprint density at radius 3 is 2.95 bits per heavy atom. The average Bonchev–Trinajstić information content (AvgIpc) is 3.06. The number of carbonyl (C=O) groups excluding carboxylic acids is 2. The summed E-state index contributed by atoms with van der Waals surface area (Å²) >= 11 is 0. The highest BCUT2D eigenvalue weighted by Gasteiger charge is 2.27. The first-order valence-corrected chi connectivity index (χ1v) is 6.42. The molecule has 0 aliphatic heterocycles. The monoisotopic (exact) mass is 266 g/mol. The number of aliphatic hydroxyl groups excluding tert-OH is 1. The summed E-state index contributed by atoms with van der Waals surface area (Å²) in [5, 5.41) is 14.5. The minimum atomic E-state index is -0.412. The SMILES string of the molecule is O=C(CNC(=O)c1ccco1)NC1CCCC1CO. The van der Waals surface area contributed by atoms with E-state index in [-0.39, 0.29) is 36.8 Å². The third-order valence-corrected chi connectivity index (χ3v) is 3.39. The molecule has 1 aliphatic carbocycles. The van der Waals surface area contributed by atoms with Gasteiger partial charge in [-0.2, -0.15) is 0 Å². The average molecular weight is 266 g/mol. The van der Waals surface area contributed by atoms with Crippen LogP contribution in [-0.2, 0) is 4.79 Å². The van der Waals surface area contributed by atoms with Crippen LogP contribution in [0.15, 0.2) is 22.8 Å². The largest absolute Gasteiger partial charge is 0.459 e. The maximum atomic E-state index is 11.7. The molecule has 1 saturated carbocycles. The Kier molecular flexibility index (Phi) is 4.57. The van der Waals surface area contributed by atoms with Crippen molar-refractivity contribution in [3.05, 3.63) is 24.2 Å². The molecule has 3 N–H and O–H groups in total. The predicted octanol–water partition coefficient (Wildman–Crippen LogP) is 0.287. The Hall–Kier alpha value is -1.82. The lowest BCUT2D eigenvalue weighted by molar-refractivity contribution is -0.121. The van der Waals surface area contributed by atoms with Crippen LogP contribution in [-0.4, -0.2) is 36.1 Å². The topological polar surface area (TPSA) is 91.6 Å². The second-order valence-electron chi connectivity index (χ2n) is 4.71. The number of hydrogen-bond acceptors (Lipinski definition) is 4. The van der Waals surface area contributed by atoms with E-state index in [9.17, 15) is 9.59 Å². The van der Waals surface area contributed by atoms with Crippen LogP contribution >= 0.6 is 0 Å². The molecule has 1 heterocycles. The molecular weight excluding hydrogens is 248 g/mol. The smallest absolute Gasteiger partial charge is 0.287 e. The predicted molar refractivity (Wildman–Crippen MR) is 67.4 cm³/mol. The lowest BCUT2D eigenvalue weighted by Crippen LogP contribution is -2.44. The summed E-state index contributed by atoms with van der Waals surface area (Å²) in [5.74, 6) is -0.345. The summed E-state index contributed by atoms with van der Waals surface area (Å²) in [6, 6.07) is 3.16. The van der Waals surface area contributed by atoms with Crippen molar-refractivity contribution in [1.29, 1.82) is 0 Å². The van der Waals surface area contributed by atoms with Gasteiger partial charge >= 0.3 is 0 Å². The standard InChI is InChI=1S/C13H18N2O4/c16-8-9-3-1-4-10(9)15-12(17)7-14-13(18)11-5-2-6-19-11/h2,5-6,9-10,16H,1,3-4,7-8H2,(H,14,18)(H,15,17). The summed E-state index contributed by atoms with van der Waals surface area (Å²) in [7, 11) is 0. The van der Waals surface area contributed by atoms with E-state index in [0.717, 1.165) is 19.3 Å². The fraction of sp³-hybridized carbons (Fsp3) is 0.538. The van der Waals surface area contributed by atoms with Crippen molar-refractivity contribution in [2.75, 3.05) is 13.2 Å². The molecule has 1 aromatic heterocycles. The molecule has 2 unspecified atom stereocenters. The number of carbonyl (C=O) groups is 2. The second kappa shape index (κ2) is 6.38. The van der Waals surface area contributed by atoms with E-state index in [1.807, 2.05) is 0 Å². The van der Waals surface area contributed by atoms with Crippen LogP contribution in [0.2, 0.25) is 0 Å². The Labute approximate surface area is 111 Å². The van der Waals surface area contributed by atoms with Crippen LogP contribution < -0.4 is 10.6 Å². The minimum Gasteiger partial charge on any atom is -0.459 e. The molecule has 2 amide bonds. The maximum Gasteiger partial charge on any atom is 0.287 e. The molecular formula is C13H18N2O4. The van der Waals surface area contributed by atoms with Crippen molar-refractivity contribution in [3.8, 4) is 0 Å². The molecule has 0 bridgehead atoms. The first kappa shape index (κ1) is 13.6. The summed E-state index contributed by atoms with van der Waals surface area (Å²) in [5.41, 5.74) is 0. The molecule has 2 rings (SSSR count). The van der Waals surface area contributed by atoms with Gasteiger partial charge in [0, 0.05) is 18.6 Å². The molecule has 1 aliphatic rings. The molecule has 1 aromatic rings. The molecule has 6 nitrogen and oxygen atoms in total. The Morgan fingerprint density at radius 1 is 1.42 bits per heavy atom. The van der Waals surface area contributed by atoms with Crippen LogP contribution in [0.5, 0.6) is 0 Å². The zero-order valence-corrected chi connectivity index (χ0v) is 10.6. The highest BCUT2D eigenvalue weighted by molar-refractivity contribution is 5.94. The van der Waals surface area contributed by atoms with Gasteiger partial charge in [0.25, 0.3) is 5.91 Å². The Balaban J connectivity index is 1.74. The van der Waals surface area contributed by atoms with Crippen LogP contribution in [0, 0.1) is 5.92 Å². The van der Waals surface area contributed by atoms with Gasteiger partial charge in [0.15, 0.2) is 5.76 Å². The van der Waals surface area contributed by atoms with Crippen LogP contribution in [0.3, 0.4) is 0 Å². The van der Waals surface area contributed by atoms with Gasteiger partial charge in [-0.1, -0.05) is 6.42 Å². The summed E-state index contributed by atoms with van der Waals surface area (Å²) < 4.78 is 4.92. The van der Waals surface area contributed by atoms with Crippen molar-refractivity contribution >= 4 is 11.8 Å². The summed E-state index contributed by atoms with van der Waals surface area (Å²) in [6.07, 6.45) is 4.22. The number of hydrogen-bond donors (Lipinski definition) is 3. The van der Waals surface area contributed by atoms with E-state index in [0.29, 0.717) is 0 Å². The van der Waals surface area contributed by atoms with Crippen molar-refractivity contribution in [2.24, 2.45) is 5.92 Å². The lowest BCUT2D eigenvalue weighted by atomic mass is 10.1. The first-order valence-electron chi connectivity index (χ1n) is 6.42. The van der Waals surface area contributed by atoms with E-state index in [4.69, 9.17) is 9.52 Å². The second-order valence-corrected chi connectivity index (χ2v) is 4.71. The number of rotatable bonds is 5. The van der Waals surface area contributed by atoms with E-state index in [2.05, 4.69) is 10.6 Å². The third-order valence-electron chi connectivity index (χ3n) is 3.39. The van der Waals surface area contributed by atoms with E-state index in [1.54, 1.807) is 6.07 Å². The molecule has 0 aromatic carbocycles. The van der Waals surface area contributed by atoms with Gasteiger partial charge < -0.3 is 20.2 Å². The quantitative estimate of drug-likeness (QED) is 0.714. The van der Waals surface area contributed by atoms with Crippen LogP contribution in [0.1, 0.15) is 29.8 Å². The van der Waals surface area contributed by atoms with Gasteiger partial charge in [0.05, 0.1) is 12.8 Å². The Bertz CT molecular complexity index is 430. The zero-order valence-electron chi connectivity index (χ0n) is 10.6. The summed E-state index contributed by atoms with van der Waals surface area (Å²) in [6.45, 7) is -0.00210. The van der Waals surface area contributed by atoms with Gasteiger partial charge in [-0.3, -0.25) is 9.59 Å². The molecule has 19 heavy (non-hydrogen) atoms. The van der Waals surface area contributed by atoms with E-state index < -0.39 is 5.91 Å². The van der Waals surface area contributed by atoms with Crippen LogP contribution in [0.25, 0.3) is 0 Å². The lowest BCUT2D eigenvalue weighted by Gasteiger charge is -2.18. The molecule has 0 saturated heterocycles. The molecule has 0 radical (unpaired) electrons. The minimum absolute atomic E-state index is 0.0121. The summed E-state index contributed by atoms with van der Waals surface area (Å²) in [4.78, 5) is 23.2. The van der Waals surface area contributed by atoms with Gasteiger partial charge in [-0.15, -0.1) is 0 Å². The fourth-order valence-electron chi connectivity index (χ4n) is 2.36. The number of amides is 2. The fourth-order valence-corrected chi connectivity index (χ4v) is 2.36. The molecule has 1 fully saturated rings. The van der Waals surface area contributed by atoms with Crippen LogP contribution in [0.4, 0.5) is 0 Å². The van der Waals surface area contributed by atoms with Gasteiger partial charge in [0.2, 0.25) is 5.91 Å². The van der Waals surface area contributed by atoms with Crippen molar-refractivity contribution in [1.82, 2.24) is 10.6 Å². The number of nitrogens with one attached hydrogen (secondary N) is 2. The van der Waals surface area contributed by atoms with Gasteiger partial charge in [0.1, 0.15) is 0 Å². The van der Waals surface area contributed by atoms with Crippen molar-refractivity contribution < 1.29 is 19.1 Å². The molecule has 6 heteroatoms. The third kappa shape index (κ3) is 3.57. The van der Waals surface area contributed by atoms with E-state index >= 15 is 0 Å². The van der Waals surface area contributed by atoms with Gasteiger partial charge in [-0.25, -0.2) is 0 Å². The zero-order chi connectivity index (χ0) is 13.7. The first-order chi connectivity index (χ1) is 9.20. The highest BCUT2D eigenvalue weighted by Crippen LogP contribution is 2.24. The normalized spacial score (nSPS) is 22.2. The number of aliphatic hydroxyl groups is 1. The maximum absolute atomic E-state index is 11.7. The van der Waals surface area contributed by atoms with E-state index in [1.165, 1.54) is 12.3 Å². The van der Waals surface area contributed by atoms with Crippen molar-refractivity contribution in [3.63, 3.8) is 0 Å². The van der Waals surface area contributed by atoms with Gasteiger partial charge in [-0.05, 0) is 25.0 Å². The molecule has 0 spiro atoms. The highest BCUT2D eigenvalue weighted by atomic mass is 16.3. The molecule has 2 atom stereocenters. The molecule has 104 valence electrons. The van der Waals surface area contributed by atoms with Crippen molar-refractivity contribution in [2.45, 2.75) is 25.3 Å². The number of furan rings is 1.